The average molecular weight is 290 g/mol. The minimum Gasteiger partial charge on any atom is -0.344 e. The molecule has 2 aromatic rings. The van der Waals surface area contributed by atoms with E-state index in [1.807, 2.05) is 19.4 Å². The second-order valence-electron chi connectivity index (χ2n) is 5.01. The molecule has 0 spiro atoms. The second kappa shape index (κ2) is 7.36. The van der Waals surface area contributed by atoms with Crippen molar-refractivity contribution in [3.05, 3.63) is 40.3 Å². The molecule has 108 valence electrons. The number of nitrogens with two attached hydrogens (primary N) is 1. The van der Waals surface area contributed by atoms with Gasteiger partial charge in [-0.15, -0.1) is 11.3 Å². The van der Waals surface area contributed by atoms with Gasteiger partial charge in [0.2, 0.25) is 5.95 Å². The van der Waals surface area contributed by atoms with E-state index in [-0.39, 0.29) is 6.04 Å². The van der Waals surface area contributed by atoms with Crippen LogP contribution < -0.4 is 10.6 Å². The monoisotopic (exact) mass is 290 g/mol. The zero-order chi connectivity index (χ0) is 14.4. The highest BCUT2D eigenvalue weighted by molar-refractivity contribution is 7.09. The molecule has 0 saturated heterocycles. The molecule has 2 aromatic heterocycles. The van der Waals surface area contributed by atoms with E-state index < -0.39 is 0 Å². The lowest BCUT2D eigenvalue weighted by Gasteiger charge is -2.16. The number of hydrogen-bond acceptors (Lipinski definition) is 5. The first kappa shape index (κ1) is 14.9. The molecule has 2 rings (SSSR count). The van der Waals surface area contributed by atoms with Gasteiger partial charge in [0.1, 0.15) is 0 Å². The van der Waals surface area contributed by atoms with Crippen LogP contribution in [0.4, 0.5) is 5.95 Å². The minimum absolute atomic E-state index is 0.195. The van der Waals surface area contributed by atoms with Gasteiger partial charge >= 0.3 is 0 Å². The maximum absolute atomic E-state index is 5.94. The van der Waals surface area contributed by atoms with Crippen LogP contribution >= 0.6 is 11.3 Å². The number of aromatic nitrogens is 2. The topological polar surface area (TPSA) is 55.0 Å². The van der Waals surface area contributed by atoms with Gasteiger partial charge in [-0.1, -0.05) is 13.0 Å². The Morgan fingerprint density at radius 1 is 1.35 bits per heavy atom. The first-order valence-electron chi connectivity index (χ1n) is 6.99. The molecule has 0 aliphatic carbocycles. The van der Waals surface area contributed by atoms with Crippen molar-refractivity contribution in [3.8, 4) is 0 Å². The van der Waals surface area contributed by atoms with E-state index in [0.717, 1.165) is 37.3 Å². The fourth-order valence-electron chi connectivity index (χ4n) is 1.93. The summed E-state index contributed by atoms with van der Waals surface area (Å²) in [5.74, 6) is 0.773. The molecule has 0 bridgehead atoms. The van der Waals surface area contributed by atoms with E-state index in [9.17, 15) is 0 Å². The zero-order valence-electron chi connectivity index (χ0n) is 12.1. The number of nitrogens with zero attached hydrogens (tertiary/aromatic N) is 3. The van der Waals surface area contributed by atoms with Gasteiger partial charge in [0.25, 0.3) is 0 Å². The van der Waals surface area contributed by atoms with Gasteiger partial charge in [-0.05, 0) is 36.3 Å². The third kappa shape index (κ3) is 4.28. The molecule has 1 atom stereocenters. The van der Waals surface area contributed by atoms with Crippen molar-refractivity contribution in [2.45, 2.75) is 32.2 Å². The van der Waals surface area contributed by atoms with Gasteiger partial charge in [-0.3, -0.25) is 0 Å². The number of thiophene rings is 1. The van der Waals surface area contributed by atoms with Crippen molar-refractivity contribution in [2.75, 3.05) is 18.5 Å². The lowest BCUT2D eigenvalue weighted by Crippen LogP contribution is -2.23. The van der Waals surface area contributed by atoms with Gasteiger partial charge in [-0.25, -0.2) is 9.97 Å². The third-order valence-electron chi connectivity index (χ3n) is 3.33. The molecule has 0 saturated carbocycles. The SMILES string of the molecule is CCC(N)Cc1cnc(N(C)CCc2cccs2)nc1. The summed E-state index contributed by atoms with van der Waals surface area (Å²) >= 11 is 1.79. The highest BCUT2D eigenvalue weighted by atomic mass is 32.1. The Kier molecular flexibility index (Phi) is 5.49. The Hall–Kier alpha value is -1.46. The first-order chi connectivity index (χ1) is 9.69. The quantitative estimate of drug-likeness (QED) is 0.851. The largest absolute Gasteiger partial charge is 0.344 e. The molecule has 4 nitrogen and oxygen atoms in total. The molecule has 0 aliphatic heterocycles. The van der Waals surface area contributed by atoms with Gasteiger partial charge in [0, 0.05) is 36.9 Å². The Balaban J connectivity index is 1.88. The zero-order valence-corrected chi connectivity index (χ0v) is 12.9. The summed E-state index contributed by atoms with van der Waals surface area (Å²) in [6.07, 6.45) is 6.62. The van der Waals surface area contributed by atoms with Crippen molar-refractivity contribution in [3.63, 3.8) is 0 Å². The van der Waals surface area contributed by atoms with E-state index in [1.54, 1.807) is 11.3 Å². The third-order valence-corrected chi connectivity index (χ3v) is 4.27. The van der Waals surface area contributed by atoms with Crippen molar-refractivity contribution < 1.29 is 0 Å². The number of anilines is 1. The average Bonchev–Trinajstić information content (AvgIpc) is 2.98. The summed E-state index contributed by atoms with van der Waals surface area (Å²) in [7, 11) is 2.03. The first-order valence-corrected chi connectivity index (χ1v) is 7.87. The minimum atomic E-state index is 0.195. The molecule has 5 heteroatoms. The predicted molar refractivity (Wildman–Crippen MR) is 85.3 cm³/mol. The number of likely N-dealkylation sites (N-methyl/N-ethyl adjacent to an activating group) is 1. The van der Waals surface area contributed by atoms with Crippen LogP contribution in [0.15, 0.2) is 29.9 Å². The van der Waals surface area contributed by atoms with Crippen molar-refractivity contribution >= 4 is 17.3 Å². The molecule has 0 radical (unpaired) electrons. The predicted octanol–water partition coefficient (Wildman–Crippen LogP) is 2.50. The molecule has 0 amide bonds. The molecule has 2 heterocycles. The summed E-state index contributed by atoms with van der Waals surface area (Å²) in [5, 5.41) is 2.11. The van der Waals surface area contributed by atoms with Crippen LogP contribution in [-0.2, 0) is 12.8 Å². The van der Waals surface area contributed by atoms with Crippen LogP contribution in [0.1, 0.15) is 23.8 Å². The standard InChI is InChI=1S/C15H22N4S/c1-3-13(16)9-12-10-17-15(18-11-12)19(2)7-6-14-5-4-8-20-14/h4-5,8,10-11,13H,3,6-7,9,16H2,1-2H3. The lowest BCUT2D eigenvalue weighted by atomic mass is 10.1. The summed E-state index contributed by atoms with van der Waals surface area (Å²) in [4.78, 5) is 12.3. The highest BCUT2D eigenvalue weighted by Crippen LogP contribution is 2.12. The molecule has 0 aliphatic rings. The summed E-state index contributed by atoms with van der Waals surface area (Å²) in [6, 6.07) is 4.44. The van der Waals surface area contributed by atoms with Gasteiger partial charge < -0.3 is 10.6 Å². The van der Waals surface area contributed by atoms with Crippen molar-refractivity contribution in [1.82, 2.24) is 9.97 Å². The van der Waals surface area contributed by atoms with E-state index in [1.165, 1.54) is 4.88 Å². The second-order valence-corrected chi connectivity index (χ2v) is 6.05. The number of rotatable bonds is 7. The molecule has 2 N–H and O–H groups in total. The maximum atomic E-state index is 5.94. The van der Waals surface area contributed by atoms with Crippen LogP contribution in [0.3, 0.4) is 0 Å². The maximum Gasteiger partial charge on any atom is 0.225 e. The van der Waals surface area contributed by atoms with Gasteiger partial charge in [-0.2, -0.15) is 0 Å². The molecule has 0 aromatic carbocycles. The normalized spacial score (nSPS) is 12.3. The summed E-state index contributed by atoms with van der Waals surface area (Å²) in [5.41, 5.74) is 7.05. The Morgan fingerprint density at radius 2 is 2.10 bits per heavy atom. The van der Waals surface area contributed by atoms with E-state index in [4.69, 9.17) is 5.73 Å². The van der Waals surface area contributed by atoms with Crippen LogP contribution in [-0.4, -0.2) is 29.6 Å². The van der Waals surface area contributed by atoms with Gasteiger partial charge in [0.15, 0.2) is 0 Å². The molecule has 1 unspecified atom stereocenters. The van der Waals surface area contributed by atoms with Crippen molar-refractivity contribution in [1.29, 1.82) is 0 Å². The lowest BCUT2D eigenvalue weighted by molar-refractivity contribution is 0.643. The Bertz CT molecular complexity index is 495. The smallest absolute Gasteiger partial charge is 0.225 e. The van der Waals surface area contributed by atoms with E-state index in [2.05, 4.69) is 39.3 Å². The summed E-state index contributed by atoms with van der Waals surface area (Å²) in [6.45, 7) is 3.02. The van der Waals surface area contributed by atoms with Crippen LogP contribution in [0.2, 0.25) is 0 Å². The molecular weight excluding hydrogens is 268 g/mol. The summed E-state index contributed by atoms with van der Waals surface area (Å²) < 4.78 is 0. The molecule has 0 fully saturated rings. The fourth-order valence-corrected chi connectivity index (χ4v) is 2.63. The fraction of sp³-hybridized carbons (Fsp3) is 0.467. The van der Waals surface area contributed by atoms with Gasteiger partial charge in [0.05, 0.1) is 0 Å². The van der Waals surface area contributed by atoms with Crippen molar-refractivity contribution in [2.24, 2.45) is 5.73 Å². The molecule has 20 heavy (non-hydrogen) atoms. The molecular formula is C15H22N4S. The number of hydrogen-bond donors (Lipinski definition) is 1. The Labute approximate surface area is 124 Å². The Morgan fingerprint density at radius 3 is 2.70 bits per heavy atom. The van der Waals surface area contributed by atoms with Crippen LogP contribution in [0, 0.1) is 0 Å². The highest BCUT2D eigenvalue weighted by Gasteiger charge is 2.07. The van der Waals surface area contributed by atoms with E-state index >= 15 is 0 Å². The van der Waals surface area contributed by atoms with Crippen LogP contribution in [0.25, 0.3) is 0 Å². The van der Waals surface area contributed by atoms with E-state index in [0.29, 0.717) is 0 Å². The van der Waals surface area contributed by atoms with Crippen LogP contribution in [0.5, 0.6) is 0 Å².